The van der Waals surface area contributed by atoms with E-state index in [4.69, 9.17) is 0 Å². The minimum atomic E-state index is 0.966. The molecule has 2 aromatic heterocycles. The van der Waals surface area contributed by atoms with Crippen LogP contribution in [0, 0.1) is 0 Å². The molecule has 0 saturated carbocycles. The Morgan fingerprint density at radius 3 is 3.40 bits per heavy atom. The van der Waals surface area contributed by atoms with Gasteiger partial charge in [-0.15, -0.1) is 11.3 Å². The molecule has 4 heteroatoms. The first-order chi connectivity index (χ1) is 7.43. The first kappa shape index (κ1) is 9.12. The van der Waals surface area contributed by atoms with Crippen molar-refractivity contribution < 1.29 is 0 Å². The predicted octanol–water partition coefficient (Wildman–Crippen LogP) is 1.64. The highest BCUT2D eigenvalue weighted by Crippen LogP contribution is 2.17. The van der Waals surface area contributed by atoms with Gasteiger partial charge in [-0.3, -0.25) is 0 Å². The summed E-state index contributed by atoms with van der Waals surface area (Å²) >= 11 is 1.67. The van der Waals surface area contributed by atoms with Crippen molar-refractivity contribution in [3.05, 3.63) is 40.1 Å². The van der Waals surface area contributed by atoms with Crippen LogP contribution in [0.25, 0.3) is 0 Å². The Hall–Kier alpha value is -1.13. The fourth-order valence-electron chi connectivity index (χ4n) is 2.06. The fraction of sp³-hybridized carbons (Fsp3) is 0.364. The monoisotopic (exact) mass is 219 g/mol. The van der Waals surface area contributed by atoms with Crippen LogP contribution in [-0.4, -0.2) is 16.1 Å². The number of thiazole rings is 1. The van der Waals surface area contributed by atoms with Crippen molar-refractivity contribution in [1.82, 2.24) is 14.9 Å². The minimum absolute atomic E-state index is 0.966. The van der Waals surface area contributed by atoms with E-state index in [-0.39, 0.29) is 0 Å². The average molecular weight is 219 g/mol. The van der Waals surface area contributed by atoms with Gasteiger partial charge >= 0.3 is 0 Å². The molecule has 0 amide bonds. The smallest absolute Gasteiger partial charge is 0.0794 e. The van der Waals surface area contributed by atoms with Crippen LogP contribution < -0.4 is 5.32 Å². The standard InChI is InChI=1S/C11H13N3S/c1-3-14-4-2-12-6-11(14)9(1)5-10-7-15-8-13-10/h1,3,7-8,12H,2,4-6H2. The highest BCUT2D eigenvalue weighted by Gasteiger charge is 2.13. The molecule has 0 fully saturated rings. The zero-order valence-electron chi connectivity index (χ0n) is 8.44. The normalized spacial score (nSPS) is 15.2. The molecule has 0 saturated heterocycles. The lowest BCUT2D eigenvalue weighted by Crippen LogP contribution is -2.28. The Morgan fingerprint density at radius 2 is 2.53 bits per heavy atom. The van der Waals surface area contributed by atoms with Crippen LogP contribution in [0.5, 0.6) is 0 Å². The van der Waals surface area contributed by atoms with Crippen molar-refractivity contribution in [2.75, 3.05) is 6.54 Å². The van der Waals surface area contributed by atoms with E-state index in [0.717, 1.165) is 26.1 Å². The molecule has 1 aliphatic heterocycles. The molecule has 3 rings (SSSR count). The molecule has 0 atom stereocenters. The Bertz CT molecular complexity index is 444. The van der Waals surface area contributed by atoms with E-state index in [9.17, 15) is 0 Å². The van der Waals surface area contributed by atoms with Gasteiger partial charge in [-0.2, -0.15) is 0 Å². The first-order valence-corrected chi connectivity index (χ1v) is 6.12. The molecule has 0 bridgehead atoms. The summed E-state index contributed by atoms with van der Waals surface area (Å²) in [5.41, 5.74) is 5.91. The van der Waals surface area contributed by atoms with Crippen molar-refractivity contribution >= 4 is 11.3 Å². The molecule has 0 radical (unpaired) electrons. The molecule has 2 aromatic rings. The average Bonchev–Trinajstić information content (AvgIpc) is 2.89. The summed E-state index contributed by atoms with van der Waals surface area (Å²) in [5.74, 6) is 0. The van der Waals surface area contributed by atoms with Crippen LogP contribution >= 0.6 is 11.3 Å². The Balaban J connectivity index is 1.89. The second kappa shape index (κ2) is 3.79. The van der Waals surface area contributed by atoms with Crippen molar-refractivity contribution in [3.63, 3.8) is 0 Å². The third-order valence-corrected chi connectivity index (χ3v) is 3.49. The van der Waals surface area contributed by atoms with Gasteiger partial charge in [0.2, 0.25) is 0 Å². The zero-order valence-corrected chi connectivity index (χ0v) is 9.26. The van der Waals surface area contributed by atoms with Crippen molar-refractivity contribution in [3.8, 4) is 0 Å². The van der Waals surface area contributed by atoms with Gasteiger partial charge in [-0.1, -0.05) is 0 Å². The van der Waals surface area contributed by atoms with Gasteiger partial charge in [-0.25, -0.2) is 4.98 Å². The number of hydrogen-bond donors (Lipinski definition) is 1. The molecular formula is C11H13N3S. The van der Waals surface area contributed by atoms with Gasteiger partial charge in [0.05, 0.1) is 11.2 Å². The maximum Gasteiger partial charge on any atom is 0.0794 e. The molecule has 3 heterocycles. The lowest BCUT2D eigenvalue weighted by atomic mass is 10.1. The molecule has 0 aromatic carbocycles. The number of fused-ring (bicyclic) bond motifs is 1. The van der Waals surface area contributed by atoms with E-state index < -0.39 is 0 Å². The van der Waals surface area contributed by atoms with Gasteiger partial charge in [0.15, 0.2) is 0 Å². The molecule has 3 nitrogen and oxygen atoms in total. The predicted molar refractivity (Wildman–Crippen MR) is 61.1 cm³/mol. The molecular weight excluding hydrogens is 206 g/mol. The van der Waals surface area contributed by atoms with Crippen LogP contribution in [0.3, 0.4) is 0 Å². The topological polar surface area (TPSA) is 29.9 Å². The highest BCUT2D eigenvalue weighted by atomic mass is 32.1. The van der Waals surface area contributed by atoms with E-state index in [1.807, 2.05) is 5.51 Å². The van der Waals surface area contributed by atoms with Gasteiger partial charge in [0.25, 0.3) is 0 Å². The fourth-order valence-corrected chi connectivity index (χ4v) is 2.62. The molecule has 0 unspecified atom stereocenters. The van der Waals surface area contributed by atoms with Gasteiger partial charge in [0.1, 0.15) is 0 Å². The molecule has 0 aliphatic carbocycles. The Kier molecular flexibility index (Phi) is 2.31. The van der Waals surface area contributed by atoms with E-state index in [1.54, 1.807) is 11.3 Å². The van der Waals surface area contributed by atoms with E-state index >= 15 is 0 Å². The van der Waals surface area contributed by atoms with E-state index in [2.05, 4.69) is 32.5 Å². The highest BCUT2D eigenvalue weighted by molar-refractivity contribution is 7.07. The number of hydrogen-bond acceptors (Lipinski definition) is 3. The van der Waals surface area contributed by atoms with Crippen LogP contribution in [0.4, 0.5) is 0 Å². The maximum atomic E-state index is 4.33. The quantitative estimate of drug-likeness (QED) is 0.832. The van der Waals surface area contributed by atoms with Gasteiger partial charge < -0.3 is 9.88 Å². The molecule has 78 valence electrons. The van der Waals surface area contributed by atoms with Gasteiger partial charge in [0, 0.05) is 43.3 Å². The lowest BCUT2D eigenvalue weighted by Gasteiger charge is -2.17. The molecule has 15 heavy (non-hydrogen) atoms. The maximum absolute atomic E-state index is 4.33. The summed E-state index contributed by atoms with van der Waals surface area (Å²) in [6, 6.07) is 2.22. The van der Waals surface area contributed by atoms with Crippen LogP contribution in [0.1, 0.15) is 17.0 Å². The van der Waals surface area contributed by atoms with Crippen molar-refractivity contribution in [2.24, 2.45) is 0 Å². The van der Waals surface area contributed by atoms with E-state index in [1.165, 1.54) is 17.0 Å². The van der Waals surface area contributed by atoms with Gasteiger partial charge in [-0.05, 0) is 11.6 Å². The summed E-state index contributed by atoms with van der Waals surface area (Å²) in [7, 11) is 0. The second-order valence-electron chi connectivity index (χ2n) is 3.81. The molecule has 1 aliphatic rings. The number of aromatic nitrogens is 2. The third-order valence-electron chi connectivity index (χ3n) is 2.85. The second-order valence-corrected chi connectivity index (χ2v) is 4.53. The molecule has 0 spiro atoms. The SMILES string of the molecule is c1nc(Cc2ccn3c2CNCC3)cs1. The first-order valence-electron chi connectivity index (χ1n) is 5.18. The lowest BCUT2D eigenvalue weighted by molar-refractivity contribution is 0.513. The van der Waals surface area contributed by atoms with Crippen LogP contribution in [0.15, 0.2) is 23.2 Å². The summed E-state index contributed by atoms with van der Waals surface area (Å²) in [6.45, 7) is 3.16. The summed E-state index contributed by atoms with van der Waals surface area (Å²) in [4.78, 5) is 4.33. The van der Waals surface area contributed by atoms with Crippen LogP contribution in [0.2, 0.25) is 0 Å². The van der Waals surface area contributed by atoms with E-state index in [0.29, 0.717) is 0 Å². The zero-order chi connectivity index (χ0) is 10.1. The Morgan fingerprint density at radius 1 is 1.53 bits per heavy atom. The third kappa shape index (κ3) is 1.70. The summed E-state index contributed by atoms with van der Waals surface area (Å²) < 4.78 is 2.35. The minimum Gasteiger partial charge on any atom is -0.349 e. The number of nitrogens with zero attached hydrogens (tertiary/aromatic N) is 2. The largest absolute Gasteiger partial charge is 0.349 e. The van der Waals surface area contributed by atoms with Crippen molar-refractivity contribution in [2.45, 2.75) is 19.5 Å². The number of rotatable bonds is 2. The Labute approximate surface area is 92.8 Å². The van der Waals surface area contributed by atoms with Crippen LogP contribution in [-0.2, 0) is 19.5 Å². The van der Waals surface area contributed by atoms with Crippen molar-refractivity contribution in [1.29, 1.82) is 0 Å². The summed E-state index contributed by atoms with van der Waals surface area (Å²) in [5, 5.41) is 5.53. The summed E-state index contributed by atoms with van der Waals surface area (Å²) in [6.07, 6.45) is 3.16. The number of nitrogens with one attached hydrogen (secondary N) is 1. The molecule has 1 N–H and O–H groups in total.